The van der Waals surface area contributed by atoms with Gasteiger partial charge in [-0.05, 0) is 32.9 Å². The number of aliphatic hydroxyl groups is 1. The van der Waals surface area contributed by atoms with Crippen LogP contribution >= 0.6 is 0 Å². The van der Waals surface area contributed by atoms with Crippen molar-refractivity contribution >= 4 is 17.9 Å². The normalized spacial score (nSPS) is 19.3. The number of β-amino-alcohol motifs (C(OH)–C–C–N with tert-alkyl or cyclic N) is 1. The van der Waals surface area contributed by atoms with Crippen molar-refractivity contribution in [3.8, 4) is 5.69 Å². The van der Waals surface area contributed by atoms with Crippen LogP contribution in [0, 0.1) is 0 Å². The summed E-state index contributed by atoms with van der Waals surface area (Å²) in [5.41, 5.74) is 0.140. The molecule has 0 aliphatic carbocycles. The van der Waals surface area contributed by atoms with E-state index in [1.165, 1.54) is 4.90 Å². The van der Waals surface area contributed by atoms with Gasteiger partial charge in [-0.3, -0.25) is 15.0 Å². The molecule has 2 amide bonds. The zero-order chi connectivity index (χ0) is 21.2. The molecule has 2 atom stereocenters. The number of rotatable bonds is 4. The fraction of sp³-hybridized carbons (Fsp3) is 0.500. The van der Waals surface area contributed by atoms with Crippen molar-refractivity contribution < 1.29 is 19.4 Å². The summed E-state index contributed by atoms with van der Waals surface area (Å²) >= 11 is 0. The van der Waals surface area contributed by atoms with Gasteiger partial charge < -0.3 is 9.84 Å². The maximum atomic E-state index is 12.8. The molecule has 0 unspecified atom stereocenters. The Morgan fingerprint density at radius 3 is 2.59 bits per heavy atom. The predicted molar refractivity (Wildman–Crippen MR) is 107 cm³/mol. The molecule has 2 aromatic rings. The van der Waals surface area contributed by atoms with Gasteiger partial charge in [0.25, 0.3) is 0 Å². The first-order valence-electron chi connectivity index (χ1n) is 9.68. The van der Waals surface area contributed by atoms with Crippen LogP contribution in [-0.4, -0.2) is 61.1 Å². The van der Waals surface area contributed by atoms with E-state index in [0.29, 0.717) is 12.2 Å². The second-order valence-electron chi connectivity index (χ2n) is 7.98. The van der Waals surface area contributed by atoms with Gasteiger partial charge in [-0.15, -0.1) is 5.10 Å². The molecule has 0 spiro atoms. The number of ether oxygens (including phenoxy) is 1. The minimum Gasteiger partial charge on any atom is -0.444 e. The molecule has 2 N–H and O–H groups in total. The van der Waals surface area contributed by atoms with Crippen molar-refractivity contribution in [1.82, 2.24) is 19.7 Å². The highest BCUT2D eigenvalue weighted by atomic mass is 16.6. The first-order chi connectivity index (χ1) is 13.7. The fourth-order valence-corrected chi connectivity index (χ4v) is 3.18. The molecule has 1 aromatic heterocycles. The van der Waals surface area contributed by atoms with E-state index in [1.54, 1.807) is 25.5 Å². The lowest BCUT2D eigenvalue weighted by molar-refractivity contribution is -0.120. The van der Waals surface area contributed by atoms with Crippen LogP contribution in [-0.2, 0) is 16.0 Å². The summed E-state index contributed by atoms with van der Waals surface area (Å²) in [5.74, 6) is 0.392. The third kappa shape index (κ3) is 4.92. The molecule has 1 fully saturated rings. The molecule has 0 radical (unpaired) electrons. The molecule has 0 bridgehead atoms. The van der Waals surface area contributed by atoms with Crippen molar-refractivity contribution in [2.45, 2.75) is 58.3 Å². The molecule has 29 heavy (non-hydrogen) atoms. The van der Waals surface area contributed by atoms with Gasteiger partial charge in [0.15, 0.2) is 0 Å². The number of para-hydroxylation sites is 1. The topological polar surface area (TPSA) is 110 Å². The summed E-state index contributed by atoms with van der Waals surface area (Å²) in [5, 5.41) is 17.1. The van der Waals surface area contributed by atoms with Crippen molar-refractivity contribution in [3.05, 3.63) is 36.2 Å². The quantitative estimate of drug-likeness (QED) is 0.812. The molecular formula is C20H27N5O4. The lowest BCUT2D eigenvalue weighted by atomic mass is 10.2. The number of aryl methyl sites for hydroxylation is 1. The van der Waals surface area contributed by atoms with Crippen molar-refractivity contribution in [1.29, 1.82) is 0 Å². The number of nitrogens with zero attached hydrogens (tertiary/aromatic N) is 4. The van der Waals surface area contributed by atoms with Crippen LogP contribution in [0.15, 0.2) is 30.3 Å². The SMILES string of the molecule is CCc1nc(NC(=O)[C@@H]2C[C@@H](O)CN2C(=O)OC(C)(C)C)nn1-c1ccccc1. The largest absolute Gasteiger partial charge is 0.444 e. The molecule has 9 nitrogen and oxygen atoms in total. The Balaban J connectivity index is 1.77. The number of carbonyl (C=O) groups excluding carboxylic acids is 2. The van der Waals surface area contributed by atoms with E-state index in [0.717, 1.165) is 5.69 Å². The number of hydrogen-bond acceptors (Lipinski definition) is 6. The van der Waals surface area contributed by atoms with Gasteiger partial charge in [-0.25, -0.2) is 9.48 Å². The Hall–Kier alpha value is -2.94. The average Bonchev–Trinajstić information content (AvgIpc) is 3.24. The first-order valence-corrected chi connectivity index (χ1v) is 9.68. The van der Waals surface area contributed by atoms with Crippen LogP contribution < -0.4 is 5.32 Å². The lowest BCUT2D eigenvalue weighted by Gasteiger charge is -2.27. The zero-order valence-corrected chi connectivity index (χ0v) is 17.1. The van der Waals surface area contributed by atoms with Gasteiger partial charge in [-0.1, -0.05) is 25.1 Å². The Morgan fingerprint density at radius 1 is 1.28 bits per heavy atom. The summed E-state index contributed by atoms with van der Waals surface area (Å²) in [6.45, 7) is 7.24. The summed E-state index contributed by atoms with van der Waals surface area (Å²) in [6, 6.07) is 8.65. The van der Waals surface area contributed by atoms with Crippen molar-refractivity contribution in [2.24, 2.45) is 0 Å². The molecular weight excluding hydrogens is 374 g/mol. The van der Waals surface area contributed by atoms with Gasteiger partial charge in [-0.2, -0.15) is 4.98 Å². The fourth-order valence-electron chi connectivity index (χ4n) is 3.18. The summed E-state index contributed by atoms with van der Waals surface area (Å²) in [4.78, 5) is 30.9. The molecule has 1 aliphatic heterocycles. The van der Waals surface area contributed by atoms with Gasteiger partial charge in [0, 0.05) is 12.8 Å². The highest BCUT2D eigenvalue weighted by Gasteiger charge is 2.41. The highest BCUT2D eigenvalue weighted by molar-refractivity contribution is 5.95. The van der Waals surface area contributed by atoms with E-state index in [4.69, 9.17) is 4.74 Å². The standard InChI is InChI=1S/C20H27N5O4/c1-5-16-21-18(23-25(16)13-9-7-6-8-10-13)22-17(27)15-11-14(26)12-24(15)19(28)29-20(2,3)4/h6-10,14-15,26H,5,11-12H2,1-4H3,(H,22,23,27)/t14-,15+/m1/s1. The van der Waals surface area contributed by atoms with Gasteiger partial charge in [0.05, 0.1) is 18.3 Å². The molecule has 1 aromatic carbocycles. The Kier molecular flexibility index (Phi) is 5.88. The number of likely N-dealkylation sites (tertiary alicyclic amines) is 1. The van der Waals surface area contributed by atoms with E-state index in [1.807, 2.05) is 37.3 Å². The van der Waals surface area contributed by atoms with Crippen LogP contribution in [0.25, 0.3) is 5.69 Å². The lowest BCUT2D eigenvalue weighted by Crippen LogP contribution is -2.45. The number of benzene rings is 1. The minimum atomic E-state index is -0.853. The van der Waals surface area contributed by atoms with Crippen LogP contribution in [0.5, 0.6) is 0 Å². The summed E-state index contributed by atoms with van der Waals surface area (Å²) < 4.78 is 7.03. The van der Waals surface area contributed by atoms with E-state index >= 15 is 0 Å². The molecule has 1 aliphatic rings. The smallest absolute Gasteiger partial charge is 0.411 e. The van der Waals surface area contributed by atoms with Crippen LogP contribution in [0.1, 0.15) is 39.9 Å². The molecule has 2 heterocycles. The monoisotopic (exact) mass is 401 g/mol. The van der Waals surface area contributed by atoms with E-state index in [-0.39, 0.29) is 18.9 Å². The number of anilines is 1. The molecule has 0 saturated carbocycles. The van der Waals surface area contributed by atoms with Gasteiger partial charge >= 0.3 is 6.09 Å². The second kappa shape index (κ2) is 8.20. The number of carbonyl (C=O) groups is 2. The number of nitrogens with one attached hydrogen (secondary N) is 1. The van der Waals surface area contributed by atoms with Crippen molar-refractivity contribution in [3.63, 3.8) is 0 Å². The first kappa shape index (κ1) is 20.8. The summed E-state index contributed by atoms with van der Waals surface area (Å²) in [7, 11) is 0. The predicted octanol–water partition coefficient (Wildman–Crippen LogP) is 2.14. The number of amides is 2. The second-order valence-corrected chi connectivity index (χ2v) is 7.98. The Labute approximate surface area is 169 Å². The number of aromatic nitrogens is 3. The molecule has 156 valence electrons. The van der Waals surface area contributed by atoms with Crippen molar-refractivity contribution in [2.75, 3.05) is 11.9 Å². The maximum Gasteiger partial charge on any atom is 0.411 e. The van der Waals surface area contributed by atoms with Crippen LogP contribution in [0.2, 0.25) is 0 Å². The molecule has 1 saturated heterocycles. The maximum absolute atomic E-state index is 12.8. The van der Waals surface area contributed by atoms with Crippen LogP contribution in [0.3, 0.4) is 0 Å². The van der Waals surface area contributed by atoms with E-state index in [2.05, 4.69) is 15.4 Å². The Morgan fingerprint density at radius 2 is 1.97 bits per heavy atom. The number of hydrogen-bond donors (Lipinski definition) is 2. The molecule has 3 rings (SSSR count). The van der Waals surface area contributed by atoms with E-state index in [9.17, 15) is 14.7 Å². The zero-order valence-electron chi connectivity index (χ0n) is 17.1. The number of aliphatic hydroxyl groups excluding tert-OH is 1. The Bertz CT molecular complexity index is 875. The minimum absolute atomic E-state index is 0.0408. The van der Waals surface area contributed by atoms with Crippen LogP contribution in [0.4, 0.5) is 10.7 Å². The third-order valence-corrected chi connectivity index (χ3v) is 4.44. The van der Waals surface area contributed by atoms with Gasteiger partial charge in [0.2, 0.25) is 11.9 Å². The van der Waals surface area contributed by atoms with Gasteiger partial charge in [0.1, 0.15) is 17.5 Å². The average molecular weight is 401 g/mol. The third-order valence-electron chi connectivity index (χ3n) is 4.44. The molecule has 9 heteroatoms. The van der Waals surface area contributed by atoms with E-state index < -0.39 is 29.7 Å². The summed E-state index contributed by atoms with van der Waals surface area (Å²) in [6.07, 6.45) is -0.666. The highest BCUT2D eigenvalue weighted by Crippen LogP contribution is 2.23.